The molecule has 2 aliphatic heterocycles. The van der Waals surface area contributed by atoms with Crippen LogP contribution >= 0.6 is 0 Å². The minimum atomic E-state index is -1.76. The van der Waals surface area contributed by atoms with Gasteiger partial charge in [0.15, 0.2) is 17.7 Å². The predicted octanol–water partition coefficient (Wildman–Crippen LogP) is 5.25. The minimum absolute atomic E-state index is 0.0830. The van der Waals surface area contributed by atoms with E-state index in [2.05, 4.69) is 31.0 Å². The maximum Gasteiger partial charge on any atom is 0.509 e. The van der Waals surface area contributed by atoms with Crippen LogP contribution in [0.3, 0.4) is 0 Å². The van der Waals surface area contributed by atoms with Crippen LogP contribution in [0.15, 0.2) is 35.9 Å². The van der Waals surface area contributed by atoms with Gasteiger partial charge in [-0.25, -0.2) is 4.79 Å². The number of rotatable bonds is 1. The molecule has 2 aromatic rings. The first kappa shape index (κ1) is 26.2. The van der Waals surface area contributed by atoms with Crippen molar-refractivity contribution < 1.29 is 33.6 Å². The molecule has 2 bridgehead atoms. The van der Waals surface area contributed by atoms with Gasteiger partial charge < -0.3 is 29.0 Å². The Balaban J connectivity index is 1.42. The molecule has 3 fully saturated rings. The standard InChI is InChI=1S/C32H39NO7/c1-27(2,3)39-26(35)37-23-15-17-14-19-18-10-8-9-11-20(18)33-24(19)30(17,7)29(6)12-13-31-22(32(23,29)36)16-21(34)25(38-31)28(4,5)40-31/h8-11,16-17,23,25,33,36H,12-15H2,1-7H3/t17-,23+,25+,29-,30-,31+,32+/m1/s1. The number of nitrogens with one attached hydrogen (secondary N) is 1. The van der Waals surface area contributed by atoms with E-state index in [4.69, 9.17) is 18.9 Å². The van der Waals surface area contributed by atoms with Crippen LogP contribution in [0.5, 0.6) is 0 Å². The third kappa shape index (κ3) is 3.02. The highest BCUT2D eigenvalue weighted by atomic mass is 16.8. The summed E-state index contributed by atoms with van der Waals surface area (Å²) in [7, 11) is 0. The lowest BCUT2D eigenvalue weighted by atomic mass is 9.41. The topological polar surface area (TPSA) is 107 Å². The van der Waals surface area contributed by atoms with Gasteiger partial charge in [-0.2, -0.15) is 0 Å². The van der Waals surface area contributed by atoms with Gasteiger partial charge in [-0.05, 0) is 77.5 Å². The van der Waals surface area contributed by atoms with E-state index in [0.717, 1.165) is 17.6 Å². The Morgan fingerprint density at radius 2 is 1.85 bits per heavy atom. The van der Waals surface area contributed by atoms with Crippen LogP contribution in [0, 0.1) is 11.3 Å². The second-order valence-corrected chi connectivity index (χ2v) is 14.4. The summed E-state index contributed by atoms with van der Waals surface area (Å²) in [5, 5.41) is 14.4. The average molecular weight is 550 g/mol. The molecule has 1 aromatic heterocycles. The number of carbonyl (C=O) groups excluding carboxylic acids is 2. The van der Waals surface area contributed by atoms with Gasteiger partial charge in [0.2, 0.25) is 0 Å². The van der Waals surface area contributed by atoms with Crippen molar-refractivity contribution in [1.82, 2.24) is 4.98 Å². The number of hydrogen-bond acceptors (Lipinski definition) is 7. The summed E-state index contributed by atoms with van der Waals surface area (Å²) < 4.78 is 24.6. The van der Waals surface area contributed by atoms with Crippen LogP contribution in [0.1, 0.15) is 79.0 Å². The minimum Gasteiger partial charge on any atom is -0.429 e. The highest BCUT2D eigenvalue weighted by molar-refractivity contribution is 5.97. The fourth-order valence-corrected chi connectivity index (χ4v) is 8.92. The number of aliphatic hydroxyl groups is 1. The van der Waals surface area contributed by atoms with Crippen LogP contribution in [0.25, 0.3) is 10.9 Å². The molecule has 3 aliphatic carbocycles. The van der Waals surface area contributed by atoms with Crippen LogP contribution in [0.4, 0.5) is 4.79 Å². The fraction of sp³-hybridized carbons (Fsp3) is 0.625. The van der Waals surface area contributed by atoms with Crippen molar-refractivity contribution in [2.24, 2.45) is 11.3 Å². The maximum absolute atomic E-state index is 13.4. The molecule has 5 aliphatic rings. The van der Waals surface area contributed by atoms with E-state index in [9.17, 15) is 14.7 Å². The Bertz CT molecular complexity index is 1500. The van der Waals surface area contributed by atoms with E-state index in [0.29, 0.717) is 24.8 Å². The van der Waals surface area contributed by atoms with E-state index in [1.807, 2.05) is 26.0 Å². The van der Waals surface area contributed by atoms with Gasteiger partial charge in [0.1, 0.15) is 22.9 Å². The molecule has 7 atom stereocenters. The van der Waals surface area contributed by atoms with E-state index in [1.54, 1.807) is 20.8 Å². The normalized spacial score (nSPS) is 41.0. The lowest BCUT2D eigenvalue weighted by molar-refractivity contribution is -0.275. The van der Waals surface area contributed by atoms with Crippen molar-refractivity contribution in [2.75, 3.05) is 0 Å². The number of para-hydroxylation sites is 1. The average Bonchev–Trinajstić information content (AvgIpc) is 3.43. The van der Waals surface area contributed by atoms with Gasteiger partial charge in [0, 0.05) is 39.4 Å². The summed E-state index contributed by atoms with van der Waals surface area (Å²) in [6.07, 6.45) is 1.16. The number of H-pyrrole nitrogens is 1. The molecule has 214 valence electrons. The number of aromatic amines is 1. The van der Waals surface area contributed by atoms with Crippen LogP contribution in [-0.2, 0) is 35.6 Å². The first-order valence-corrected chi connectivity index (χ1v) is 14.4. The molecule has 2 N–H and O–H groups in total. The Hall–Kier alpha value is -2.68. The number of hydrogen-bond donors (Lipinski definition) is 2. The van der Waals surface area contributed by atoms with Crippen LogP contribution < -0.4 is 0 Å². The number of benzene rings is 1. The van der Waals surface area contributed by atoms with E-state index < -0.39 is 51.8 Å². The summed E-state index contributed by atoms with van der Waals surface area (Å²) in [5.41, 5.74) is -0.956. The quantitative estimate of drug-likeness (QED) is 0.468. The van der Waals surface area contributed by atoms with Crippen molar-refractivity contribution in [1.29, 1.82) is 0 Å². The Kier molecular flexibility index (Phi) is 4.97. The fourth-order valence-electron chi connectivity index (χ4n) is 8.92. The van der Waals surface area contributed by atoms with Gasteiger partial charge in [-0.1, -0.05) is 32.0 Å². The highest BCUT2D eigenvalue weighted by Crippen LogP contribution is 2.72. The Labute approximate surface area is 234 Å². The molecule has 1 spiro atoms. The third-order valence-electron chi connectivity index (χ3n) is 10.9. The zero-order valence-corrected chi connectivity index (χ0v) is 24.3. The van der Waals surface area contributed by atoms with Crippen molar-refractivity contribution >= 4 is 22.8 Å². The Morgan fingerprint density at radius 3 is 2.58 bits per heavy atom. The summed E-state index contributed by atoms with van der Waals surface area (Å²) in [6, 6.07) is 8.28. The molecule has 1 saturated heterocycles. The molecule has 7 rings (SSSR count). The van der Waals surface area contributed by atoms with Gasteiger partial charge in [0.25, 0.3) is 0 Å². The van der Waals surface area contributed by atoms with E-state index in [1.165, 1.54) is 17.0 Å². The zero-order chi connectivity index (χ0) is 28.7. The van der Waals surface area contributed by atoms with E-state index in [-0.39, 0.29) is 11.7 Å². The molecular weight excluding hydrogens is 510 g/mol. The Morgan fingerprint density at radius 1 is 1.12 bits per heavy atom. The molecule has 0 unspecified atom stereocenters. The maximum atomic E-state index is 13.4. The molecule has 8 nitrogen and oxygen atoms in total. The molecule has 1 aromatic carbocycles. The molecule has 8 heteroatoms. The van der Waals surface area contributed by atoms with E-state index >= 15 is 0 Å². The number of ketones is 1. The highest BCUT2D eigenvalue weighted by Gasteiger charge is 2.78. The lowest BCUT2D eigenvalue weighted by Gasteiger charge is -2.67. The smallest absolute Gasteiger partial charge is 0.429 e. The molecular formula is C32H39NO7. The summed E-state index contributed by atoms with van der Waals surface area (Å²) in [4.78, 5) is 30.3. The second kappa shape index (κ2) is 7.58. The largest absolute Gasteiger partial charge is 0.509 e. The number of aromatic nitrogens is 1. The summed E-state index contributed by atoms with van der Waals surface area (Å²) in [6.45, 7) is 13.3. The second-order valence-electron chi connectivity index (χ2n) is 14.4. The van der Waals surface area contributed by atoms with Gasteiger partial charge in [-0.15, -0.1) is 0 Å². The number of fused-ring (bicyclic) bond motifs is 9. The molecule has 3 heterocycles. The molecule has 2 saturated carbocycles. The van der Waals surface area contributed by atoms with Crippen molar-refractivity contribution in [2.45, 2.75) is 114 Å². The summed E-state index contributed by atoms with van der Waals surface area (Å²) in [5.74, 6) is -1.43. The SMILES string of the molecule is CC(C)(C)OC(=O)O[C@H]1C[C@H]2Cc3c([nH]c4ccccc34)[C@]2(C)[C@@]2(C)CC[C@@]34O[C@@H](C(=O)C=C3[C@]12O)C(C)(C)O4. The first-order chi connectivity index (χ1) is 18.6. The molecule has 0 radical (unpaired) electrons. The van der Waals surface area contributed by atoms with Gasteiger partial charge >= 0.3 is 6.16 Å². The van der Waals surface area contributed by atoms with Gasteiger partial charge in [-0.3, -0.25) is 4.79 Å². The van der Waals surface area contributed by atoms with Crippen LogP contribution in [-0.4, -0.2) is 56.8 Å². The van der Waals surface area contributed by atoms with Gasteiger partial charge in [0.05, 0.1) is 0 Å². The molecule has 40 heavy (non-hydrogen) atoms. The predicted molar refractivity (Wildman–Crippen MR) is 147 cm³/mol. The number of carbonyl (C=O) groups is 2. The van der Waals surface area contributed by atoms with Crippen molar-refractivity contribution in [3.05, 3.63) is 47.2 Å². The van der Waals surface area contributed by atoms with Crippen LogP contribution in [0.2, 0.25) is 0 Å². The lowest BCUT2D eigenvalue weighted by Crippen LogP contribution is -2.75. The monoisotopic (exact) mass is 549 g/mol. The number of ether oxygens (including phenoxy) is 4. The van der Waals surface area contributed by atoms with Crippen molar-refractivity contribution in [3.63, 3.8) is 0 Å². The summed E-state index contributed by atoms with van der Waals surface area (Å²) >= 11 is 0. The third-order valence-corrected chi connectivity index (χ3v) is 10.9. The molecule has 0 amide bonds. The first-order valence-electron chi connectivity index (χ1n) is 14.4. The zero-order valence-electron chi connectivity index (χ0n) is 24.3. The van der Waals surface area contributed by atoms with Crippen molar-refractivity contribution in [3.8, 4) is 0 Å².